The number of halogens is 1. The van der Waals surface area contributed by atoms with Gasteiger partial charge in [-0.05, 0) is 84.4 Å². The summed E-state index contributed by atoms with van der Waals surface area (Å²) in [4.78, 5) is 13.9. The number of aromatic nitrogens is 5. The van der Waals surface area contributed by atoms with Crippen molar-refractivity contribution in [2.75, 3.05) is 18.5 Å². The third-order valence-corrected chi connectivity index (χ3v) is 14.2. The molecule has 6 rings (SSSR count). The van der Waals surface area contributed by atoms with Gasteiger partial charge in [-0.3, -0.25) is 9.48 Å². The third-order valence-electron chi connectivity index (χ3n) is 9.46. The van der Waals surface area contributed by atoms with Crippen molar-refractivity contribution in [1.29, 1.82) is 0 Å². The lowest BCUT2D eigenvalue weighted by Gasteiger charge is -2.37. The Labute approximate surface area is 276 Å². The number of hydrogen-bond acceptors (Lipinski definition) is 6. The first kappa shape index (κ1) is 32.2. The number of aryl methyl sites for hydroxylation is 1. The zero-order valence-electron chi connectivity index (χ0n) is 27.5. The van der Waals surface area contributed by atoms with Crippen LogP contribution < -0.4 is 10.9 Å². The lowest BCUT2D eigenvalue weighted by molar-refractivity contribution is -0.0365. The Hall–Kier alpha value is -3.70. The first-order valence-corrected chi connectivity index (χ1v) is 19.2. The molecule has 0 radical (unpaired) electrons. The molecule has 0 bridgehead atoms. The SMILES string of the molecule is Cn1nccc1Nc1nn(C2CCCCO2)c2ccc(-c3ccn(C(CO[Si](C)(C)C(C)(C)C)c4cccc(Cl)c4)c(=O)c3)cc12. The van der Waals surface area contributed by atoms with E-state index in [1.165, 1.54) is 0 Å². The summed E-state index contributed by atoms with van der Waals surface area (Å²) in [6.45, 7) is 12.2. The first-order chi connectivity index (χ1) is 21.9. The standard InChI is InChI=1S/C35H43ClN6O3Si/c1-35(2,3)46(5,6)45-23-30(26-10-9-11-27(36)20-26)41-18-16-25(22-32(41)43)24-13-14-29-28(21-24)34(38-31-15-17-37-40(31)4)39-42(29)33-12-7-8-19-44-33/h9-11,13-18,20-22,30,33H,7-8,12,19,23H2,1-6H3,(H,38,39). The number of nitrogens with zero attached hydrogens (tertiary/aromatic N) is 5. The van der Waals surface area contributed by atoms with Crippen molar-refractivity contribution < 1.29 is 9.16 Å². The fraction of sp³-hybridized carbons (Fsp3) is 0.400. The fourth-order valence-corrected chi connectivity index (χ4v) is 6.85. The van der Waals surface area contributed by atoms with Crippen LogP contribution >= 0.6 is 11.6 Å². The number of rotatable bonds is 9. The van der Waals surface area contributed by atoms with Crippen molar-refractivity contribution in [2.45, 2.75) is 70.4 Å². The first-order valence-electron chi connectivity index (χ1n) is 15.9. The fourth-order valence-electron chi connectivity index (χ4n) is 5.65. The molecule has 11 heteroatoms. The Balaban J connectivity index is 1.37. The van der Waals surface area contributed by atoms with Gasteiger partial charge in [0.15, 0.2) is 20.4 Å². The Morgan fingerprint density at radius 2 is 1.89 bits per heavy atom. The van der Waals surface area contributed by atoms with Crippen LogP contribution in [-0.4, -0.2) is 45.7 Å². The molecule has 1 aliphatic rings. The topological polar surface area (TPSA) is 88.1 Å². The molecule has 4 heterocycles. The van der Waals surface area contributed by atoms with Gasteiger partial charge in [-0.1, -0.05) is 50.6 Å². The Kier molecular flexibility index (Phi) is 8.99. The molecular weight excluding hydrogens is 616 g/mol. The molecule has 242 valence electrons. The molecule has 9 nitrogen and oxygen atoms in total. The molecule has 3 aromatic heterocycles. The normalized spacial score (nSPS) is 16.5. The van der Waals surface area contributed by atoms with Crippen LogP contribution in [-0.2, 0) is 16.2 Å². The summed E-state index contributed by atoms with van der Waals surface area (Å²) < 4.78 is 18.3. The second-order valence-corrected chi connectivity index (χ2v) is 18.9. The minimum absolute atomic E-state index is 0.0424. The van der Waals surface area contributed by atoms with Crippen molar-refractivity contribution in [2.24, 2.45) is 7.05 Å². The van der Waals surface area contributed by atoms with Crippen LogP contribution in [0.2, 0.25) is 23.2 Å². The van der Waals surface area contributed by atoms with Crippen molar-refractivity contribution >= 4 is 42.5 Å². The number of benzene rings is 2. The van der Waals surface area contributed by atoms with E-state index >= 15 is 0 Å². The number of pyridine rings is 1. The number of nitrogens with one attached hydrogen (secondary N) is 1. The van der Waals surface area contributed by atoms with E-state index in [-0.39, 0.29) is 22.9 Å². The highest BCUT2D eigenvalue weighted by Crippen LogP contribution is 2.38. The molecule has 0 saturated carbocycles. The van der Waals surface area contributed by atoms with E-state index in [9.17, 15) is 4.79 Å². The quantitative estimate of drug-likeness (QED) is 0.160. The summed E-state index contributed by atoms with van der Waals surface area (Å²) in [5.74, 6) is 1.54. The van der Waals surface area contributed by atoms with Crippen molar-refractivity contribution in [3.05, 3.63) is 94.0 Å². The molecule has 5 aromatic rings. The number of anilines is 2. The highest BCUT2D eigenvalue weighted by Gasteiger charge is 2.38. The van der Waals surface area contributed by atoms with Gasteiger partial charge in [0.05, 0.1) is 24.4 Å². The lowest BCUT2D eigenvalue weighted by Crippen LogP contribution is -2.43. The minimum Gasteiger partial charge on any atom is -0.414 e. The van der Waals surface area contributed by atoms with Crippen LogP contribution in [0.1, 0.15) is 57.9 Å². The summed E-state index contributed by atoms with van der Waals surface area (Å²) >= 11 is 6.40. The van der Waals surface area contributed by atoms with Gasteiger partial charge in [0.25, 0.3) is 5.56 Å². The minimum atomic E-state index is -2.07. The second-order valence-electron chi connectivity index (χ2n) is 13.6. The molecule has 1 aliphatic heterocycles. The van der Waals surface area contributed by atoms with Crippen LogP contribution in [0.5, 0.6) is 0 Å². The van der Waals surface area contributed by atoms with E-state index in [0.717, 1.165) is 59.3 Å². The van der Waals surface area contributed by atoms with E-state index in [1.807, 2.05) is 60.4 Å². The maximum Gasteiger partial charge on any atom is 0.251 e. The van der Waals surface area contributed by atoms with Crippen LogP contribution in [0.25, 0.3) is 22.0 Å². The van der Waals surface area contributed by atoms with Crippen LogP contribution in [0.15, 0.2) is 77.9 Å². The smallest absolute Gasteiger partial charge is 0.251 e. The van der Waals surface area contributed by atoms with E-state index in [0.29, 0.717) is 17.4 Å². The Morgan fingerprint density at radius 3 is 2.57 bits per heavy atom. The lowest BCUT2D eigenvalue weighted by atomic mass is 10.0. The zero-order chi connectivity index (χ0) is 32.6. The van der Waals surface area contributed by atoms with Crippen molar-refractivity contribution in [3.8, 4) is 11.1 Å². The molecule has 1 saturated heterocycles. The maximum absolute atomic E-state index is 13.9. The van der Waals surface area contributed by atoms with Gasteiger partial charge in [0.1, 0.15) is 5.82 Å². The van der Waals surface area contributed by atoms with E-state index in [4.69, 9.17) is 25.9 Å². The predicted octanol–water partition coefficient (Wildman–Crippen LogP) is 8.31. The highest BCUT2D eigenvalue weighted by molar-refractivity contribution is 6.74. The van der Waals surface area contributed by atoms with Gasteiger partial charge in [0, 0.05) is 42.4 Å². The predicted molar refractivity (Wildman–Crippen MR) is 187 cm³/mol. The van der Waals surface area contributed by atoms with E-state index in [2.05, 4.69) is 56.4 Å². The molecule has 2 unspecified atom stereocenters. The summed E-state index contributed by atoms with van der Waals surface area (Å²) in [6.07, 6.45) is 6.57. The number of ether oxygens (including phenoxy) is 1. The molecule has 46 heavy (non-hydrogen) atoms. The molecule has 0 aliphatic carbocycles. The third kappa shape index (κ3) is 6.57. The van der Waals surface area contributed by atoms with Gasteiger partial charge in [-0.2, -0.15) is 10.2 Å². The number of hydrogen-bond donors (Lipinski definition) is 1. The van der Waals surface area contributed by atoms with Crippen LogP contribution in [0.4, 0.5) is 11.6 Å². The van der Waals surface area contributed by atoms with Crippen LogP contribution in [0.3, 0.4) is 0 Å². The number of fused-ring (bicyclic) bond motifs is 1. The summed E-state index contributed by atoms with van der Waals surface area (Å²) in [5, 5.41) is 14.3. The zero-order valence-corrected chi connectivity index (χ0v) is 29.2. The largest absolute Gasteiger partial charge is 0.414 e. The van der Waals surface area contributed by atoms with E-state index < -0.39 is 8.32 Å². The van der Waals surface area contributed by atoms with Gasteiger partial charge in [-0.25, -0.2) is 4.68 Å². The van der Waals surface area contributed by atoms with Gasteiger partial charge >= 0.3 is 0 Å². The van der Waals surface area contributed by atoms with Gasteiger partial charge in [-0.15, -0.1) is 0 Å². The average Bonchev–Trinajstić information content (AvgIpc) is 3.60. The monoisotopic (exact) mass is 658 g/mol. The summed E-state index contributed by atoms with van der Waals surface area (Å²) in [5.41, 5.74) is 3.54. The van der Waals surface area contributed by atoms with Gasteiger partial charge in [0.2, 0.25) is 0 Å². The summed E-state index contributed by atoms with van der Waals surface area (Å²) in [6, 6.07) is 19.2. The Morgan fingerprint density at radius 1 is 1.09 bits per heavy atom. The maximum atomic E-state index is 13.9. The van der Waals surface area contributed by atoms with Crippen LogP contribution in [0, 0.1) is 0 Å². The van der Waals surface area contributed by atoms with Gasteiger partial charge < -0.3 is 19.0 Å². The molecule has 2 atom stereocenters. The highest BCUT2D eigenvalue weighted by atomic mass is 35.5. The van der Waals surface area contributed by atoms with E-state index in [1.54, 1.807) is 21.5 Å². The molecule has 2 aromatic carbocycles. The second kappa shape index (κ2) is 12.8. The summed E-state index contributed by atoms with van der Waals surface area (Å²) in [7, 11) is -0.185. The average molecular weight is 659 g/mol. The molecule has 0 spiro atoms. The molecule has 0 amide bonds. The van der Waals surface area contributed by atoms with Crippen molar-refractivity contribution in [1.82, 2.24) is 24.1 Å². The molecular formula is C35H43ClN6O3Si. The molecule has 1 N–H and O–H groups in total. The molecule has 1 fully saturated rings. The Bertz CT molecular complexity index is 1900. The van der Waals surface area contributed by atoms with Crippen molar-refractivity contribution in [3.63, 3.8) is 0 Å².